The van der Waals surface area contributed by atoms with E-state index < -0.39 is 0 Å². The third-order valence-electron chi connectivity index (χ3n) is 3.03. The van der Waals surface area contributed by atoms with E-state index in [2.05, 4.69) is 9.97 Å². The van der Waals surface area contributed by atoms with Gasteiger partial charge in [-0.25, -0.2) is 14.4 Å². The normalized spacial score (nSPS) is 11.2. The third-order valence-corrected chi connectivity index (χ3v) is 4.32. The second-order valence-electron chi connectivity index (χ2n) is 4.36. The Hall–Kier alpha value is -1.52. The second-order valence-corrected chi connectivity index (χ2v) is 5.63. The van der Waals surface area contributed by atoms with E-state index in [-0.39, 0.29) is 11.3 Å². The first-order valence-electron chi connectivity index (χ1n) is 5.74. The van der Waals surface area contributed by atoms with Gasteiger partial charge in [-0.3, -0.25) is 0 Å². The third kappa shape index (κ3) is 2.01. The summed E-state index contributed by atoms with van der Waals surface area (Å²) in [7, 11) is 0. The average Bonchev–Trinajstić information content (AvgIpc) is 2.79. The van der Waals surface area contributed by atoms with Crippen LogP contribution in [0.4, 0.5) is 4.39 Å². The molecule has 0 saturated heterocycles. The van der Waals surface area contributed by atoms with Gasteiger partial charge in [-0.2, -0.15) is 0 Å². The molecule has 96 valence electrons. The monoisotopic (exact) mass is 292 g/mol. The van der Waals surface area contributed by atoms with Crippen LogP contribution >= 0.6 is 22.9 Å². The van der Waals surface area contributed by atoms with E-state index >= 15 is 0 Å². The van der Waals surface area contributed by atoms with Crippen LogP contribution in [0.15, 0.2) is 23.6 Å². The molecule has 2 aromatic heterocycles. The SMILES string of the molecule is Cc1ccsc1-c1nc(Cl)c2c(C)ccc(F)c2n1. The van der Waals surface area contributed by atoms with E-state index in [1.165, 1.54) is 17.4 Å². The summed E-state index contributed by atoms with van der Waals surface area (Å²) in [5, 5.41) is 2.84. The molecule has 2 nitrogen and oxygen atoms in total. The number of fused-ring (bicyclic) bond motifs is 1. The lowest BCUT2D eigenvalue weighted by atomic mass is 10.1. The molecule has 0 saturated carbocycles. The zero-order chi connectivity index (χ0) is 13.6. The van der Waals surface area contributed by atoms with Crippen molar-refractivity contribution in [3.8, 4) is 10.7 Å². The summed E-state index contributed by atoms with van der Waals surface area (Å²) in [5.41, 5.74) is 2.21. The van der Waals surface area contributed by atoms with Crippen LogP contribution in [0.2, 0.25) is 5.15 Å². The summed E-state index contributed by atoms with van der Waals surface area (Å²) >= 11 is 7.72. The van der Waals surface area contributed by atoms with Crippen LogP contribution < -0.4 is 0 Å². The fraction of sp³-hybridized carbons (Fsp3) is 0.143. The van der Waals surface area contributed by atoms with Crippen molar-refractivity contribution < 1.29 is 4.39 Å². The summed E-state index contributed by atoms with van der Waals surface area (Å²) in [4.78, 5) is 9.57. The predicted molar refractivity (Wildman–Crippen MR) is 77.3 cm³/mol. The molecule has 0 amide bonds. The molecule has 0 aliphatic heterocycles. The minimum atomic E-state index is -0.375. The largest absolute Gasteiger partial charge is 0.224 e. The van der Waals surface area contributed by atoms with Crippen molar-refractivity contribution in [1.82, 2.24) is 9.97 Å². The van der Waals surface area contributed by atoms with Crippen molar-refractivity contribution in [2.75, 3.05) is 0 Å². The number of rotatable bonds is 1. The van der Waals surface area contributed by atoms with Crippen molar-refractivity contribution in [2.24, 2.45) is 0 Å². The summed E-state index contributed by atoms with van der Waals surface area (Å²) in [6, 6.07) is 5.07. The van der Waals surface area contributed by atoms with E-state index in [0.717, 1.165) is 16.0 Å². The highest BCUT2D eigenvalue weighted by molar-refractivity contribution is 7.13. The molecule has 0 aliphatic rings. The number of benzene rings is 1. The van der Waals surface area contributed by atoms with Gasteiger partial charge in [0.1, 0.15) is 16.5 Å². The van der Waals surface area contributed by atoms with E-state index in [1.54, 1.807) is 6.07 Å². The first kappa shape index (κ1) is 12.5. The summed E-state index contributed by atoms with van der Waals surface area (Å²) in [6.45, 7) is 3.84. The zero-order valence-electron chi connectivity index (χ0n) is 10.4. The van der Waals surface area contributed by atoms with Crippen LogP contribution in [0.25, 0.3) is 21.6 Å². The Balaban J connectivity index is 2.37. The number of hydrogen-bond acceptors (Lipinski definition) is 3. The highest BCUT2D eigenvalue weighted by Gasteiger charge is 2.15. The lowest BCUT2D eigenvalue weighted by Gasteiger charge is -2.07. The lowest BCUT2D eigenvalue weighted by Crippen LogP contribution is -1.95. The standard InChI is InChI=1S/C14H10ClFN2S/c1-7-3-4-9(16)11-10(7)13(15)18-14(17-11)12-8(2)5-6-19-12/h3-6H,1-2H3. The maximum absolute atomic E-state index is 13.9. The molecular weight excluding hydrogens is 283 g/mol. The zero-order valence-corrected chi connectivity index (χ0v) is 11.9. The smallest absolute Gasteiger partial charge is 0.171 e. The van der Waals surface area contributed by atoms with Gasteiger partial charge in [0.05, 0.1) is 4.88 Å². The van der Waals surface area contributed by atoms with E-state index in [9.17, 15) is 4.39 Å². The van der Waals surface area contributed by atoms with Gasteiger partial charge in [0.2, 0.25) is 0 Å². The van der Waals surface area contributed by atoms with Crippen LogP contribution in [0.1, 0.15) is 11.1 Å². The van der Waals surface area contributed by atoms with Gasteiger partial charge in [0.25, 0.3) is 0 Å². The van der Waals surface area contributed by atoms with Gasteiger partial charge in [0.15, 0.2) is 5.82 Å². The molecule has 2 heterocycles. The summed E-state index contributed by atoms with van der Waals surface area (Å²) in [6.07, 6.45) is 0. The van der Waals surface area contributed by atoms with Gasteiger partial charge in [-0.05, 0) is 42.5 Å². The molecule has 0 spiro atoms. The van der Waals surface area contributed by atoms with Gasteiger partial charge in [-0.1, -0.05) is 17.7 Å². The van der Waals surface area contributed by atoms with Crippen molar-refractivity contribution >= 4 is 33.8 Å². The molecule has 0 aliphatic carbocycles. The van der Waals surface area contributed by atoms with Crippen LogP contribution in [0, 0.1) is 19.7 Å². The van der Waals surface area contributed by atoms with Crippen LogP contribution in [-0.2, 0) is 0 Å². The Morgan fingerprint density at radius 1 is 1.11 bits per heavy atom. The van der Waals surface area contributed by atoms with Gasteiger partial charge in [0, 0.05) is 5.39 Å². The van der Waals surface area contributed by atoms with Gasteiger partial charge >= 0.3 is 0 Å². The van der Waals surface area contributed by atoms with Crippen molar-refractivity contribution in [3.63, 3.8) is 0 Å². The highest BCUT2D eigenvalue weighted by atomic mass is 35.5. The highest BCUT2D eigenvalue weighted by Crippen LogP contribution is 2.32. The lowest BCUT2D eigenvalue weighted by molar-refractivity contribution is 0.636. The fourth-order valence-corrected chi connectivity index (χ4v) is 3.20. The van der Waals surface area contributed by atoms with Crippen LogP contribution in [0.3, 0.4) is 0 Å². The van der Waals surface area contributed by atoms with Crippen LogP contribution in [-0.4, -0.2) is 9.97 Å². The molecule has 1 aromatic carbocycles. The average molecular weight is 293 g/mol. The quantitative estimate of drug-likeness (QED) is 0.604. The summed E-state index contributed by atoms with van der Waals surface area (Å²) < 4.78 is 13.9. The number of thiophene rings is 1. The molecule has 19 heavy (non-hydrogen) atoms. The molecule has 3 aromatic rings. The van der Waals surface area contributed by atoms with Crippen LogP contribution in [0.5, 0.6) is 0 Å². The topological polar surface area (TPSA) is 25.8 Å². The Morgan fingerprint density at radius 3 is 2.58 bits per heavy atom. The number of aromatic nitrogens is 2. The number of hydrogen-bond donors (Lipinski definition) is 0. The number of nitrogens with zero attached hydrogens (tertiary/aromatic N) is 2. The Kier molecular flexibility index (Phi) is 2.99. The molecule has 5 heteroatoms. The molecular formula is C14H10ClFN2S. The first-order chi connectivity index (χ1) is 9.08. The van der Waals surface area contributed by atoms with Gasteiger partial charge < -0.3 is 0 Å². The molecule has 0 atom stereocenters. The molecule has 0 fully saturated rings. The Morgan fingerprint density at radius 2 is 1.89 bits per heavy atom. The predicted octanol–water partition coefficient (Wildman–Crippen LogP) is 4.77. The Labute approximate surface area is 118 Å². The number of aryl methyl sites for hydroxylation is 2. The minimum Gasteiger partial charge on any atom is -0.224 e. The second kappa shape index (κ2) is 4.54. The molecule has 0 unspecified atom stereocenters. The van der Waals surface area contributed by atoms with E-state index in [4.69, 9.17) is 11.6 Å². The van der Waals surface area contributed by atoms with Gasteiger partial charge in [-0.15, -0.1) is 11.3 Å². The first-order valence-corrected chi connectivity index (χ1v) is 7.00. The maximum Gasteiger partial charge on any atom is 0.171 e. The van der Waals surface area contributed by atoms with Crippen molar-refractivity contribution in [3.05, 3.63) is 45.7 Å². The number of halogens is 2. The van der Waals surface area contributed by atoms with E-state index in [0.29, 0.717) is 16.4 Å². The Bertz CT molecular complexity index is 782. The minimum absolute atomic E-state index is 0.280. The molecule has 3 rings (SSSR count). The van der Waals surface area contributed by atoms with Crippen molar-refractivity contribution in [1.29, 1.82) is 0 Å². The molecule has 0 bridgehead atoms. The van der Waals surface area contributed by atoms with E-state index in [1.807, 2.05) is 25.3 Å². The van der Waals surface area contributed by atoms with Crippen molar-refractivity contribution in [2.45, 2.75) is 13.8 Å². The summed E-state index contributed by atoms with van der Waals surface area (Å²) in [5.74, 6) is 0.106. The molecule has 0 N–H and O–H groups in total. The fourth-order valence-electron chi connectivity index (χ4n) is 2.02. The maximum atomic E-state index is 13.9. The molecule has 0 radical (unpaired) electrons.